The lowest BCUT2D eigenvalue weighted by Gasteiger charge is -2.19. The van der Waals surface area contributed by atoms with Crippen molar-refractivity contribution in [1.82, 2.24) is 5.32 Å². The maximum Gasteiger partial charge on any atom is 0.251 e. The zero-order valence-corrected chi connectivity index (χ0v) is 12.2. The Kier molecular flexibility index (Phi) is 4.47. The van der Waals surface area contributed by atoms with E-state index >= 15 is 0 Å². The molecule has 0 heterocycles. The number of hydrogen-bond acceptors (Lipinski definition) is 3. The molecule has 5 nitrogen and oxygen atoms in total. The van der Waals surface area contributed by atoms with Crippen molar-refractivity contribution in [2.45, 2.75) is 30.2 Å². The smallest absolute Gasteiger partial charge is 0.251 e. The van der Waals surface area contributed by atoms with Crippen LogP contribution in [0.3, 0.4) is 0 Å². The van der Waals surface area contributed by atoms with Crippen molar-refractivity contribution in [3.05, 3.63) is 40.9 Å². The summed E-state index contributed by atoms with van der Waals surface area (Å²) in [6.07, 6.45) is 6.64. The Labute approximate surface area is 122 Å². The highest BCUT2D eigenvalue weighted by atomic mass is 35.5. The molecule has 1 aromatic rings. The van der Waals surface area contributed by atoms with Crippen LogP contribution < -0.4 is 10.5 Å². The molecule has 1 unspecified atom stereocenters. The van der Waals surface area contributed by atoms with Gasteiger partial charge in [0.05, 0.1) is 4.90 Å². The lowest BCUT2D eigenvalue weighted by atomic mass is 10.0. The third-order valence-corrected chi connectivity index (χ3v) is 4.18. The van der Waals surface area contributed by atoms with Gasteiger partial charge in [-0.15, -0.1) is 0 Å². The number of benzene rings is 1. The second kappa shape index (κ2) is 5.95. The highest BCUT2D eigenvalue weighted by Gasteiger charge is 2.17. The van der Waals surface area contributed by atoms with Crippen molar-refractivity contribution in [1.29, 1.82) is 0 Å². The molecule has 7 heteroatoms. The Bertz CT molecular complexity index is 656. The number of carbonyl (C=O) groups is 1. The minimum Gasteiger partial charge on any atom is -0.349 e. The predicted octanol–water partition coefficient (Wildman–Crippen LogP) is 1.83. The summed E-state index contributed by atoms with van der Waals surface area (Å²) in [6.45, 7) is 0. The Hall–Kier alpha value is -1.37. The SMILES string of the molecule is NS(=O)(=O)c1cc(Cl)cc(C(=O)NC2CC=CCC2)c1. The van der Waals surface area contributed by atoms with E-state index in [-0.39, 0.29) is 27.4 Å². The van der Waals surface area contributed by atoms with Gasteiger partial charge in [-0.25, -0.2) is 13.6 Å². The van der Waals surface area contributed by atoms with Crippen molar-refractivity contribution < 1.29 is 13.2 Å². The second-order valence-corrected chi connectivity index (χ2v) is 6.67. The van der Waals surface area contributed by atoms with Crippen LogP contribution in [0.25, 0.3) is 0 Å². The van der Waals surface area contributed by atoms with Crippen LogP contribution in [0.2, 0.25) is 5.02 Å². The standard InChI is InChI=1S/C13H15ClN2O3S/c14-10-6-9(7-12(8-10)20(15,18)19)13(17)16-11-4-2-1-3-5-11/h1-2,6-8,11H,3-5H2,(H,16,17)(H2,15,18,19). The third-order valence-electron chi connectivity index (χ3n) is 3.07. The summed E-state index contributed by atoms with van der Waals surface area (Å²) in [7, 11) is -3.89. The molecule has 0 fully saturated rings. The largest absolute Gasteiger partial charge is 0.349 e. The van der Waals surface area contributed by atoms with Crippen LogP contribution in [-0.2, 0) is 10.0 Å². The van der Waals surface area contributed by atoms with E-state index in [9.17, 15) is 13.2 Å². The first kappa shape index (κ1) is 15.0. The number of allylic oxidation sites excluding steroid dienone is 1. The van der Waals surface area contributed by atoms with E-state index in [1.165, 1.54) is 18.2 Å². The average molecular weight is 315 g/mol. The van der Waals surface area contributed by atoms with Crippen molar-refractivity contribution in [2.75, 3.05) is 0 Å². The second-order valence-electron chi connectivity index (χ2n) is 4.68. The lowest BCUT2D eigenvalue weighted by Crippen LogP contribution is -2.35. The lowest BCUT2D eigenvalue weighted by molar-refractivity contribution is 0.0934. The van der Waals surface area contributed by atoms with Gasteiger partial charge in [0, 0.05) is 16.6 Å². The van der Waals surface area contributed by atoms with E-state index in [4.69, 9.17) is 16.7 Å². The van der Waals surface area contributed by atoms with Gasteiger partial charge in [0.25, 0.3) is 5.91 Å². The first-order valence-corrected chi connectivity index (χ1v) is 8.08. The molecule has 2 rings (SSSR count). The third kappa shape index (κ3) is 3.82. The molecule has 0 spiro atoms. The molecule has 20 heavy (non-hydrogen) atoms. The summed E-state index contributed by atoms with van der Waals surface area (Å²) in [6, 6.07) is 3.93. The number of nitrogens with one attached hydrogen (secondary N) is 1. The van der Waals surface area contributed by atoms with Gasteiger partial charge in [0.2, 0.25) is 10.0 Å². The fourth-order valence-corrected chi connectivity index (χ4v) is 2.93. The van der Waals surface area contributed by atoms with Crippen LogP contribution in [0.5, 0.6) is 0 Å². The van der Waals surface area contributed by atoms with Gasteiger partial charge in [-0.05, 0) is 37.5 Å². The van der Waals surface area contributed by atoms with Crippen molar-refractivity contribution in [2.24, 2.45) is 5.14 Å². The monoisotopic (exact) mass is 314 g/mol. The zero-order chi connectivity index (χ0) is 14.8. The molecule has 1 atom stereocenters. The Balaban J connectivity index is 2.21. The van der Waals surface area contributed by atoms with Gasteiger partial charge < -0.3 is 5.32 Å². The van der Waals surface area contributed by atoms with Gasteiger partial charge in [-0.2, -0.15) is 0 Å². The molecule has 0 saturated carbocycles. The molecule has 108 valence electrons. The van der Waals surface area contributed by atoms with E-state index in [0.717, 1.165) is 19.3 Å². The van der Waals surface area contributed by atoms with Crippen molar-refractivity contribution in [3.63, 3.8) is 0 Å². The number of amides is 1. The van der Waals surface area contributed by atoms with Crippen LogP contribution in [0.1, 0.15) is 29.6 Å². The number of sulfonamides is 1. The van der Waals surface area contributed by atoms with Gasteiger partial charge in [0.15, 0.2) is 0 Å². The maximum atomic E-state index is 12.1. The Morgan fingerprint density at radius 3 is 2.65 bits per heavy atom. The Morgan fingerprint density at radius 1 is 1.30 bits per heavy atom. The summed E-state index contributed by atoms with van der Waals surface area (Å²) in [4.78, 5) is 11.9. The van der Waals surface area contributed by atoms with E-state index in [0.29, 0.717) is 0 Å². The van der Waals surface area contributed by atoms with E-state index in [2.05, 4.69) is 11.4 Å². The van der Waals surface area contributed by atoms with Gasteiger partial charge in [0.1, 0.15) is 0 Å². The summed E-state index contributed by atoms with van der Waals surface area (Å²) in [5, 5.41) is 8.07. The van der Waals surface area contributed by atoms with Crippen LogP contribution in [-0.4, -0.2) is 20.4 Å². The minimum atomic E-state index is -3.89. The van der Waals surface area contributed by atoms with Crippen molar-refractivity contribution in [3.8, 4) is 0 Å². The van der Waals surface area contributed by atoms with E-state index in [1.807, 2.05) is 6.08 Å². The number of nitrogens with two attached hydrogens (primary N) is 1. The zero-order valence-electron chi connectivity index (χ0n) is 10.7. The summed E-state index contributed by atoms with van der Waals surface area (Å²) < 4.78 is 22.7. The molecule has 1 amide bonds. The summed E-state index contributed by atoms with van der Waals surface area (Å²) in [5.74, 6) is -0.349. The van der Waals surface area contributed by atoms with E-state index < -0.39 is 10.0 Å². The molecule has 0 radical (unpaired) electrons. The molecule has 0 bridgehead atoms. The molecule has 1 aliphatic rings. The normalized spacial score (nSPS) is 18.8. The van der Waals surface area contributed by atoms with Gasteiger partial charge in [-0.1, -0.05) is 23.8 Å². The molecule has 0 aliphatic heterocycles. The average Bonchev–Trinajstić information content (AvgIpc) is 2.38. The summed E-state index contributed by atoms with van der Waals surface area (Å²) in [5.41, 5.74) is 0.191. The summed E-state index contributed by atoms with van der Waals surface area (Å²) >= 11 is 5.83. The maximum absolute atomic E-state index is 12.1. The highest BCUT2D eigenvalue weighted by Crippen LogP contribution is 2.19. The van der Waals surface area contributed by atoms with Gasteiger partial charge in [-0.3, -0.25) is 4.79 Å². The molecule has 1 aromatic carbocycles. The number of hydrogen-bond donors (Lipinski definition) is 2. The topological polar surface area (TPSA) is 89.3 Å². The van der Waals surface area contributed by atoms with Gasteiger partial charge >= 0.3 is 0 Å². The molecule has 1 aliphatic carbocycles. The van der Waals surface area contributed by atoms with Crippen LogP contribution in [0.4, 0.5) is 0 Å². The fraction of sp³-hybridized carbons (Fsp3) is 0.308. The molecular weight excluding hydrogens is 300 g/mol. The number of halogens is 1. The molecule has 0 aromatic heterocycles. The highest BCUT2D eigenvalue weighted by molar-refractivity contribution is 7.89. The van der Waals surface area contributed by atoms with Crippen LogP contribution in [0.15, 0.2) is 35.2 Å². The quantitative estimate of drug-likeness (QED) is 0.834. The number of carbonyl (C=O) groups excluding carboxylic acids is 1. The van der Waals surface area contributed by atoms with Crippen LogP contribution >= 0.6 is 11.6 Å². The Morgan fingerprint density at radius 2 is 2.05 bits per heavy atom. The molecule has 3 N–H and O–H groups in total. The predicted molar refractivity (Wildman–Crippen MR) is 77.1 cm³/mol. The van der Waals surface area contributed by atoms with Crippen LogP contribution in [0, 0.1) is 0 Å². The number of rotatable bonds is 3. The van der Waals surface area contributed by atoms with E-state index in [1.54, 1.807) is 0 Å². The number of primary sulfonamides is 1. The minimum absolute atomic E-state index is 0.0596. The molecular formula is C13H15ClN2O3S. The van der Waals surface area contributed by atoms with Crippen molar-refractivity contribution >= 4 is 27.5 Å². The first-order valence-electron chi connectivity index (χ1n) is 6.15. The first-order chi connectivity index (χ1) is 9.36. The molecule has 0 saturated heterocycles. The fourth-order valence-electron chi connectivity index (χ4n) is 2.05.